The van der Waals surface area contributed by atoms with Crippen LogP contribution in [0.15, 0.2) is 36.4 Å². The normalized spacial score (nSPS) is 14.8. The minimum atomic E-state index is 0.507. The maximum Gasteiger partial charge on any atom is 0.225 e. The summed E-state index contributed by atoms with van der Waals surface area (Å²) in [4.78, 5) is 11.6. The van der Waals surface area contributed by atoms with Gasteiger partial charge in [0.15, 0.2) is 0 Å². The molecule has 1 aromatic carbocycles. The average molecular weight is 339 g/mol. The van der Waals surface area contributed by atoms with Crippen LogP contribution in [0, 0.1) is 0 Å². The van der Waals surface area contributed by atoms with Gasteiger partial charge in [-0.05, 0) is 39.9 Å². The van der Waals surface area contributed by atoms with Crippen LogP contribution >= 0.6 is 0 Å². The number of rotatable bonds is 8. The molecule has 5 nitrogen and oxygen atoms in total. The van der Waals surface area contributed by atoms with Crippen LogP contribution in [0.2, 0.25) is 0 Å². The van der Waals surface area contributed by atoms with E-state index in [9.17, 15) is 0 Å². The minimum Gasteiger partial charge on any atom is -0.370 e. The molecule has 0 bridgehead atoms. The van der Waals surface area contributed by atoms with Crippen molar-refractivity contribution in [2.24, 2.45) is 0 Å². The highest BCUT2D eigenvalue weighted by molar-refractivity contribution is 5.64. The van der Waals surface area contributed by atoms with Gasteiger partial charge in [-0.3, -0.25) is 0 Å². The van der Waals surface area contributed by atoms with E-state index in [-0.39, 0.29) is 0 Å². The first-order valence-electron chi connectivity index (χ1n) is 9.30. The maximum atomic E-state index is 4.75. The lowest BCUT2D eigenvalue weighted by atomic mass is 10.1. The molecular weight excluding hydrogens is 310 g/mol. The Bertz CT molecular complexity index is 650. The fraction of sp³-hybridized carbons (Fsp3) is 0.500. The van der Waals surface area contributed by atoms with Gasteiger partial charge in [-0.1, -0.05) is 43.2 Å². The summed E-state index contributed by atoms with van der Waals surface area (Å²) in [5.41, 5.74) is 2.09. The SMILES string of the molecule is CN(C)CCCNc1cc(-c2ccccc2)nc(NC2CCCC2)n1. The van der Waals surface area contributed by atoms with Crippen molar-refractivity contribution in [1.82, 2.24) is 14.9 Å². The van der Waals surface area contributed by atoms with Crippen LogP contribution in [-0.4, -0.2) is 48.1 Å². The van der Waals surface area contributed by atoms with Crippen LogP contribution in [0.3, 0.4) is 0 Å². The molecule has 1 aliphatic carbocycles. The molecule has 1 saturated carbocycles. The maximum absolute atomic E-state index is 4.75. The van der Waals surface area contributed by atoms with Crippen LogP contribution in [0.25, 0.3) is 11.3 Å². The number of hydrogen-bond acceptors (Lipinski definition) is 5. The van der Waals surface area contributed by atoms with Crippen LogP contribution in [-0.2, 0) is 0 Å². The monoisotopic (exact) mass is 339 g/mol. The first kappa shape index (κ1) is 17.7. The summed E-state index contributed by atoms with van der Waals surface area (Å²) in [5.74, 6) is 1.64. The van der Waals surface area contributed by atoms with E-state index in [0.717, 1.165) is 42.5 Å². The third kappa shape index (κ3) is 5.43. The second-order valence-electron chi connectivity index (χ2n) is 7.04. The second kappa shape index (κ2) is 8.81. The predicted molar refractivity (Wildman–Crippen MR) is 105 cm³/mol. The Hall–Kier alpha value is -2.14. The molecule has 25 heavy (non-hydrogen) atoms. The highest BCUT2D eigenvalue weighted by atomic mass is 15.2. The topological polar surface area (TPSA) is 53.1 Å². The Kier molecular flexibility index (Phi) is 6.23. The van der Waals surface area contributed by atoms with Gasteiger partial charge < -0.3 is 15.5 Å². The third-order valence-electron chi connectivity index (χ3n) is 4.57. The highest BCUT2D eigenvalue weighted by Gasteiger charge is 2.16. The van der Waals surface area contributed by atoms with Crippen molar-refractivity contribution in [3.05, 3.63) is 36.4 Å². The lowest BCUT2D eigenvalue weighted by Crippen LogP contribution is -2.19. The summed E-state index contributed by atoms with van der Waals surface area (Å²) in [6, 6.07) is 12.9. The molecule has 5 heteroatoms. The number of benzene rings is 1. The van der Waals surface area contributed by atoms with Gasteiger partial charge in [0.25, 0.3) is 0 Å². The fourth-order valence-electron chi connectivity index (χ4n) is 3.22. The molecule has 0 saturated heterocycles. The molecule has 0 atom stereocenters. The van der Waals surface area contributed by atoms with Crippen molar-refractivity contribution in [1.29, 1.82) is 0 Å². The van der Waals surface area contributed by atoms with Gasteiger partial charge in [-0.25, -0.2) is 4.98 Å². The molecule has 2 N–H and O–H groups in total. The Balaban J connectivity index is 1.75. The van der Waals surface area contributed by atoms with Crippen molar-refractivity contribution in [3.8, 4) is 11.3 Å². The molecule has 1 aliphatic rings. The molecule has 2 aromatic rings. The van der Waals surface area contributed by atoms with E-state index in [1.807, 2.05) is 24.3 Å². The second-order valence-corrected chi connectivity index (χ2v) is 7.04. The summed E-state index contributed by atoms with van der Waals surface area (Å²) in [6.45, 7) is 1.98. The highest BCUT2D eigenvalue weighted by Crippen LogP contribution is 2.24. The van der Waals surface area contributed by atoms with Gasteiger partial charge in [0.05, 0.1) is 5.69 Å². The molecule has 1 fully saturated rings. The molecule has 1 heterocycles. The smallest absolute Gasteiger partial charge is 0.225 e. The Morgan fingerprint density at radius 1 is 1.08 bits per heavy atom. The van der Waals surface area contributed by atoms with E-state index in [1.54, 1.807) is 0 Å². The summed E-state index contributed by atoms with van der Waals surface area (Å²) in [6.07, 6.45) is 6.11. The van der Waals surface area contributed by atoms with Crippen molar-refractivity contribution in [2.45, 2.75) is 38.1 Å². The van der Waals surface area contributed by atoms with E-state index >= 15 is 0 Å². The number of nitrogens with zero attached hydrogens (tertiary/aromatic N) is 3. The first-order valence-corrected chi connectivity index (χ1v) is 9.30. The number of nitrogens with one attached hydrogen (secondary N) is 2. The molecule has 134 valence electrons. The minimum absolute atomic E-state index is 0.507. The van der Waals surface area contributed by atoms with E-state index in [1.165, 1.54) is 25.7 Å². The molecule has 0 amide bonds. The number of anilines is 2. The summed E-state index contributed by atoms with van der Waals surface area (Å²) >= 11 is 0. The van der Waals surface area contributed by atoms with Crippen molar-refractivity contribution in [3.63, 3.8) is 0 Å². The van der Waals surface area contributed by atoms with Crippen molar-refractivity contribution < 1.29 is 0 Å². The zero-order chi connectivity index (χ0) is 17.5. The zero-order valence-electron chi connectivity index (χ0n) is 15.3. The van der Waals surface area contributed by atoms with Crippen LogP contribution in [0.4, 0.5) is 11.8 Å². The summed E-state index contributed by atoms with van der Waals surface area (Å²) in [7, 11) is 4.20. The standard InChI is InChI=1S/C20H29N5/c1-25(2)14-8-13-21-19-15-18(16-9-4-3-5-10-16)23-20(24-19)22-17-11-6-7-12-17/h3-5,9-10,15,17H,6-8,11-14H2,1-2H3,(H2,21,22,23,24). The lowest BCUT2D eigenvalue weighted by molar-refractivity contribution is 0.405. The summed E-state index contributed by atoms with van der Waals surface area (Å²) < 4.78 is 0. The van der Waals surface area contributed by atoms with Gasteiger partial charge in [-0.15, -0.1) is 0 Å². The Morgan fingerprint density at radius 2 is 1.84 bits per heavy atom. The zero-order valence-corrected chi connectivity index (χ0v) is 15.3. The summed E-state index contributed by atoms with van der Waals surface area (Å²) in [5, 5.41) is 6.99. The molecular formula is C20H29N5. The quantitative estimate of drug-likeness (QED) is 0.715. The van der Waals surface area contributed by atoms with Gasteiger partial charge >= 0.3 is 0 Å². The molecule has 1 aromatic heterocycles. The van der Waals surface area contributed by atoms with E-state index in [0.29, 0.717) is 6.04 Å². The third-order valence-corrected chi connectivity index (χ3v) is 4.57. The fourth-order valence-corrected chi connectivity index (χ4v) is 3.22. The van der Waals surface area contributed by atoms with Crippen LogP contribution in [0.1, 0.15) is 32.1 Å². The molecule has 0 aliphatic heterocycles. The largest absolute Gasteiger partial charge is 0.370 e. The lowest BCUT2D eigenvalue weighted by Gasteiger charge is -2.15. The van der Waals surface area contributed by atoms with Gasteiger partial charge in [0, 0.05) is 24.2 Å². The Morgan fingerprint density at radius 3 is 2.56 bits per heavy atom. The van der Waals surface area contributed by atoms with E-state index < -0.39 is 0 Å². The predicted octanol–water partition coefficient (Wildman–Crippen LogP) is 3.86. The molecule has 0 unspecified atom stereocenters. The van der Waals surface area contributed by atoms with Crippen LogP contribution < -0.4 is 10.6 Å². The van der Waals surface area contributed by atoms with Gasteiger partial charge in [-0.2, -0.15) is 4.98 Å². The molecule has 0 radical (unpaired) electrons. The number of aromatic nitrogens is 2. The van der Waals surface area contributed by atoms with Crippen LogP contribution in [0.5, 0.6) is 0 Å². The van der Waals surface area contributed by atoms with E-state index in [2.05, 4.69) is 41.8 Å². The first-order chi connectivity index (χ1) is 12.2. The molecule has 0 spiro atoms. The number of hydrogen-bond donors (Lipinski definition) is 2. The van der Waals surface area contributed by atoms with Gasteiger partial charge in [0.1, 0.15) is 5.82 Å². The van der Waals surface area contributed by atoms with Crippen molar-refractivity contribution >= 4 is 11.8 Å². The Labute approximate surface area is 150 Å². The van der Waals surface area contributed by atoms with Crippen molar-refractivity contribution in [2.75, 3.05) is 37.8 Å². The average Bonchev–Trinajstić information content (AvgIpc) is 3.12. The molecule has 3 rings (SSSR count). The van der Waals surface area contributed by atoms with Gasteiger partial charge in [0.2, 0.25) is 5.95 Å². The van der Waals surface area contributed by atoms with E-state index in [4.69, 9.17) is 9.97 Å².